The Bertz CT molecular complexity index is 671. The lowest BCUT2D eigenvalue weighted by atomic mass is 10.2. The Kier molecular flexibility index (Phi) is 4.18. The zero-order chi connectivity index (χ0) is 13.1. The second kappa shape index (κ2) is 6.06. The molecule has 0 fully saturated rings. The maximum Gasteiger partial charge on any atom is 0.0931 e. The molecule has 0 saturated heterocycles. The SMILES string of the molecule is Clc1ccc(CCNCc2csc3ccccc23)s1. The highest BCUT2D eigenvalue weighted by atomic mass is 35.5. The first-order valence-electron chi connectivity index (χ1n) is 6.23. The smallest absolute Gasteiger partial charge is 0.0931 e. The largest absolute Gasteiger partial charge is 0.312 e. The third-order valence-electron chi connectivity index (χ3n) is 3.05. The Morgan fingerprint density at radius 3 is 2.84 bits per heavy atom. The van der Waals surface area contributed by atoms with E-state index in [4.69, 9.17) is 11.6 Å². The molecule has 0 bridgehead atoms. The Hall–Kier alpha value is -0.870. The normalized spacial score (nSPS) is 11.2. The summed E-state index contributed by atoms with van der Waals surface area (Å²) in [5.74, 6) is 0. The summed E-state index contributed by atoms with van der Waals surface area (Å²) >= 11 is 9.40. The first-order valence-corrected chi connectivity index (χ1v) is 8.30. The average molecular weight is 308 g/mol. The summed E-state index contributed by atoms with van der Waals surface area (Å²) in [6.07, 6.45) is 1.04. The average Bonchev–Trinajstić information content (AvgIpc) is 3.02. The predicted molar refractivity (Wildman–Crippen MR) is 86.6 cm³/mol. The molecule has 0 saturated carbocycles. The van der Waals surface area contributed by atoms with Gasteiger partial charge in [0.1, 0.15) is 0 Å². The molecule has 0 aliphatic heterocycles. The van der Waals surface area contributed by atoms with Crippen molar-refractivity contribution in [1.29, 1.82) is 0 Å². The third-order valence-corrected chi connectivity index (χ3v) is 5.36. The highest BCUT2D eigenvalue weighted by molar-refractivity contribution is 7.17. The van der Waals surface area contributed by atoms with Gasteiger partial charge in [0.2, 0.25) is 0 Å². The zero-order valence-electron chi connectivity index (χ0n) is 10.4. The van der Waals surface area contributed by atoms with Crippen LogP contribution in [-0.2, 0) is 13.0 Å². The number of thiophene rings is 2. The first kappa shape index (κ1) is 13.1. The molecule has 2 aromatic heterocycles. The van der Waals surface area contributed by atoms with E-state index in [1.807, 2.05) is 17.4 Å². The zero-order valence-corrected chi connectivity index (χ0v) is 12.7. The molecule has 0 spiro atoms. The molecule has 19 heavy (non-hydrogen) atoms. The van der Waals surface area contributed by atoms with Gasteiger partial charge in [0.05, 0.1) is 4.34 Å². The number of halogens is 1. The number of hydrogen-bond acceptors (Lipinski definition) is 3. The van der Waals surface area contributed by atoms with Crippen molar-refractivity contribution in [3.05, 3.63) is 56.6 Å². The summed E-state index contributed by atoms with van der Waals surface area (Å²) in [6.45, 7) is 1.92. The van der Waals surface area contributed by atoms with Crippen LogP contribution in [0.5, 0.6) is 0 Å². The standard InChI is InChI=1S/C15H14ClNS2/c16-15-6-5-12(19-15)7-8-17-9-11-10-18-14-4-2-1-3-13(11)14/h1-6,10,17H,7-9H2. The fourth-order valence-electron chi connectivity index (χ4n) is 2.09. The molecule has 98 valence electrons. The molecule has 0 atom stereocenters. The number of hydrogen-bond donors (Lipinski definition) is 1. The van der Waals surface area contributed by atoms with Gasteiger partial charge < -0.3 is 5.32 Å². The van der Waals surface area contributed by atoms with E-state index in [1.165, 1.54) is 20.5 Å². The van der Waals surface area contributed by atoms with Gasteiger partial charge in [0.25, 0.3) is 0 Å². The van der Waals surface area contributed by atoms with Gasteiger partial charge in [-0.3, -0.25) is 0 Å². The molecule has 0 aliphatic carbocycles. The molecule has 4 heteroatoms. The van der Waals surface area contributed by atoms with E-state index < -0.39 is 0 Å². The van der Waals surface area contributed by atoms with Crippen LogP contribution in [0.2, 0.25) is 4.34 Å². The molecule has 1 N–H and O–H groups in total. The summed E-state index contributed by atoms with van der Waals surface area (Å²) in [4.78, 5) is 1.34. The van der Waals surface area contributed by atoms with Gasteiger partial charge in [-0.15, -0.1) is 22.7 Å². The van der Waals surface area contributed by atoms with E-state index in [-0.39, 0.29) is 0 Å². The topological polar surface area (TPSA) is 12.0 Å². The van der Waals surface area contributed by atoms with Gasteiger partial charge in [-0.2, -0.15) is 0 Å². The minimum atomic E-state index is 0.874. The molecule has 1 aromatic carbocycles. The van der Waals surface area contributed by atoms with Crippen LogP contribution in [-0.4, -0.2) is 6.54 Å². The molecule has 0 unspecified atom stereocenters. The molecule has 3 aromatic rings. The molecular formula is C15H14ClNS2. The maximum absolute atomic E-state index is 5.92. The number of rotatable bonds is 5. The van der Waals surface area contributed by atoms with Gasteiger partial charge >= 0.3 is 0 Å². The lowest BCUT2D eigenvalue weighted by Gasteiger charge is -2.03. The fraction of sp³-hybridized carbons (Fsp3) is 0.200. The van der Waals surface area contributed by atoms with Crippen LogP contribution in [0.1, 0.15) is 10.4 Å². The number of benzene rings is 1. The molecular weight excluding hydrogens is 294 g/mol. The van der Waals surface area contributed by atoms with Gasteiger partial charge in [0.15, 0.2) is 0 Å². The van der Waals surface area contributed by atoms with Crippen molar-refractivity contribution < 1.29 is 0 Å². The van der Waals surface area contributed by atoms with Crippen LogP contribution in [0.3, 0.4) is 0 Å². The van der Waals surface area contributed by atoms with Crippen molar-refractivity contribution in [3.63, 3.8) is 0 Å². The lowest BCUT2D eigenvalue weighted by Crippen LogP contribution is -2.15. The van der Waals surface area contributed by atoms with E-state index in [0.717, 1.165) is 23.8 Å². The Morgan fingerprint density at radius 2 is 2.00 bits per heavy atom. The van der Waals surface area contributed by atoms with Crippen molar-refractivity contribution >= 4 is 44.4 Å². The van der Waals surface area contributed by atoms with Crippen LogP contribution in [0, 0.1) is 0 Å². The minimum absolute atomic E-state index is 0.874. The monoisotopic (exact) mass is 307 g/mol. The molecule has 3 rings (SSSR count). The highest BCUT2D eigenvalue weighted by Gasteiger charge is 2.03. The lowest BCUT2D eigenvalue weighted by molar-refractivity contribution is 0.694. The van der Waals surface area contributed by atoms with Crippen molar-refractivity contribution in [1.82, 2.24) is 5.32 Å². The fourth-order valence-corrected chi connectivity index (χ4v) is 4.14. The van der Waals surface area contributed by atoms with Gasteiger partial charge in [-0.25, -0.2) is 0 Å². The molecule has 1 nitrogen and oxygen atoms in total. The number of fused-ring (bicyclic) bond motifs is 1. The van der Waals surface area contributed by atoms with Crippen LogP contribution < -0.4 is 5.32 Å². The summed E-state index contributed by atoms with van der Waals surface area (Å²) in [5, 5.41) is 7.13. The van der Waals surface area contributed by atoms with Crippen LogP contribution >= 0.6 is 34.3 Å². The number of nitrogens with one attached hydrogen (secondary N) is 1. The summed E-state index contributed by atoms with van der Waals surface area (Å²) in [7, 11) is 0. The molecule has 0 amide bonds. The summed E-state index contributed by atoms with van der Waals surface area (Å²) in [6, 6.07) is 12.6. The Labute approximate surface area is 125 Å². The van der Waals surface area contributed by atoms with Crippen molar-refractivity contribution in [2.45, 2.75) is 13.0 Å². The molecule has 0 aliphatic rings. The van der Waals surface area contributed by atoms with E-state index in [0.29, 0.717) is 0 Å². The third kappa shape index (κ3) is 3.18. The van der Waals surface area contributed by atoms with E-state index >= 15 is 0 Å². The summed E-state index contributed by atoms with van der Waals surface area (Å²) in [5.41, 5.74) is 1.39. The van der Waals surface area contributed by atoms with Crippen molar-refractivity contribution in [2.75, 3.05) is 6.54 Å². The maximum atomic E-state index is 5.92. The quantitative estimate of drug-likeness (QED) is 0.658. The van der Waals surface area contributed by atoms with E-state index in [2.05, 4.69) is 41.0 Å². The van der Waals surface area contributed by atoms with Crippen LogP contribution in [0.25, 0.3) is 10.1 Å². The summed E-state index contributed by atoms with van der Waals surface area (Å²) < 4.78 is 2.24. The minimum Gasteiger partial charge on any atom is -0.312 e. The predicted octanol–water partition coefficient (Wildman–Crippen LogP) is 4.95. The second-order valence-electron chi connectivity index (χ2n) is 4.39. The first-order chi connectivity index (χ1) is 9.33. The second-order valence-corrected chi connectivity index (χ2v) is 7.10. The Balaban J connectivity index is 1.55. The van der Waals surface area contributed by atoms with E-state index in [1.54, 1.807) is 11.3 Å². The molecule has 2 heterocycles. The van der Waals surface area contributed by atoms with E-state index in [9.17, 15) is 0 Å². The van der Waals surface area contributed by atoms with Crippen molar-refractivity contribution in [2.24, 2.45) is 0 Å². The van der Waals surface area contributed by atoms with Crippen LogP contribution in [0.4, 0.5) is 0 Å². The Morgan fingerprint density at radius 1 is 1.11 bits per heavy atom. The van der Waals surface area contributed by atoms with Crippen molar-refractivity contribution in [3.8, 4) is 0 Å². The van der Waals surface area contributed by atoms with Gasteiger partial charge in [-0.05, 0) is 40.9 Å². The molecule has 0 radical (unpaired) electrons. The van der Waals surface area contributed by atoms with Gasteiger partial charge in [-0.1, -0.05) is 29.8 Å². The van der Waals surface area contributed by atoms with Crippen LogP contribution in [0.15, 0.2) is 41.8 Å². The highest BCUT2D eigenvalue weighted by Crippen LogP contribution is 2.25. The van der Waals surface area contributed by atoms with Gasteiger partial charge in [0, 0.05) is 22.7 Å².